The average Bonchev–Trinajstić information content (AvgIpc) is 2.21. The van der Waals surface area contributed by atoms with Gasteiger partial charge in [-0.1, -0.05) is 26.7 Å². The van der Waals surface area contributed by atoms with Gasteiger partial charge in [0.05, 0.1) is 5.88 Å². The summed E-state index contributed by atoms with van der Waals surface area (Å²) in [5.41, 5.74) is 2.86. The van der Waals surface area contributed by atoms with Gasteiger partial charge in [0.1, 0.15) is 0 Å². The number of hydrogen-bond donors (Lipinski definition) is 0. The molecule has 0 aromatic rings. The topological polar surface area (TPSA) is 0 Å². The molecule has 0 unspecified atom stereocenters. The van der Waals surface area contributed by atoms with E-state index in [1.165, 1.54) is 39.3 Å². The van der Waals surface area contributed by atoms with E-state index in [0.717, 1.165) is 16.2 Å². The van der Waals surface area contributed by atoms with E-state index in [1.807, 2.05) is 0 Å². The van der Waals surface area contributed by atoms with Crippen LogP contribution in [0.15, 0.2) is 17.0 Å². The summed E-state index contributed by atoms with van der Waals surface area (Å²) >= 11 is 13.1. The Bertz CT molecular complexity index is 233. The number of halogens is 4. The molecule has 0 saturated heterocycles. The third-order valence-corrected chi connectivity index (χ3v) is 4.47. The minimum absolute atomic E-state index is 1.10. The van der Waals surface area contributed by atoms with Crippen molar-refractivity contribution >= 4 is 70.4 Å². The van der Waals surface area contributed by atoms with Crippen molar-refractivity contribution in [3.05, 3.63) is 17.0 Å². The Morgan fingerprint density at radius 2 is 1.31 bits per heavy atom. The van der Waals surface area contributed by atoms with Crippen molar-refractivity contribution < 1.29 is 0 Å². The van der Waals surface area contributed by atoms with E-state index in [1.54, 1.807) is 0 Å². The maximum Gasteiger partial charge on any atom is 0.0639 e. The highest BCUT2D eigenvalue weighted by Crippen LogP contribution is 2.37. The molecule has 0 N–H and O–H groups in total. The van der Waals surface area contributed by atoms with Gasteiger partial charge in [-0.3, -0.25) is 0 Å². The molecule has 0 aliphatic rings. The van der Waals surface area contributed by atoms with Gasteiger partial charge in [0.2, 0.25) is 0 Å². The largest absolute Gasteiger partial charge is 0.0654 e. The number of hydrogen-bond acceptors (Lipinski definition) is 0. The molecule has 0 heterocycles. The SMILES string of the molecule is CCCCC(=C(Br)Br)/C(CCCC)=C(/Br)I. The molecular formula is C12H18Br3I. The molecule has 0 aromatic carbocycles. The summed E-state index contributed by atoms with van der Waals surface area (Å²) in [6.07, 6.45) is 7.25. The van der Waals surface area contributed by atoms with E-state index in [4.69, 9.17) is 0 Å². The zero-order valence-corrected chi connectivity index (χ0v) is 16.7. The van der Waals surface area contributed by atoms with E-state index in [-0.39, 0.29) is 0 Å². The van der Waals surface area contributed by atoms with Crippen molar-refractivity contribution in [2.45, 2.75) is 52.4 Å². The van der Waals surface area contributed by atoms with Gasteiger partial charge in [-0.25, -0.2) is 0 Å². The van der Waals surface area contributed by atoms with E-state index in [9.17, 15) is 0 Å². The maximum atomic E-state index is 3.62. The summed E-state index contributed by atoms with van der Waals surface area (Å²) in [7, 11) is 0. The van der Waals surface area contributed by atoms with Crippen LogP contribution in [0.4, 0.5) is 0 Å². The standard InChI is InChI=1S/C12H18Br3I/c1-3-5-7-9(11(13)14)10(12(15)16)8-6-4-2/h3-8H2,1-2H3/b12-10-. The molecule has 0 amide bonds. The van der Waals surface area contributed by atoms with Gasteiger partial charge in [0, 0.05) is 0 Å². The van der Waals surface area contributed by atoms with Crippen LogP contribution >= 0.6 is 70.4 Å². The molecule has 94 valence electrons. The van der Waals surface area contributed by atoms with Crippen molar-refractivity contribution in [3.8, 4) is 0 Å². The second-order valence-electron chi connectivity index (χ2n) is 3.69. The second-order valence-corrected chi connectivity index (χ2v) is 9.69. The summed E-state index contributed by atoms with van der Waals surface area (Å²) in [6, 6.07) is 0. The molecule has 0 fully saturated rings. The molecule has 0 saturated carbocycles. The first-order chi connectivity index (χ1) is 7.54. The van der Waals surface area contributed by atoms with Crippen LogP contribution in [0.1, 0.15) is 52.4 Å². The summed E-state index contributed by atoms with van der Waals surface area (Å²) in [6.45, 7) is 4.46. The van der Waals surface area contributed by atoms with E-state index in [2.05, 4.69) is 84.2 Å². The molecule has 0 nitrogen and oxygen atoms in total. The number of rotatable bonds is 7. The van der Waals surface area contributed by atoms with Crippen molar-refractivity contribution in [2.24, 2.45) is 0 Å². The van der Waals surface area contributed by atoms with E-state index >= 15 is 0 Å². The van der Waals surface area contributed by atoms with Crippen molar-refractivity contribution in [3.63, 3.8) is 0 Å². The van der Waals surface area contributed by atoms with Gasteiger partial charge < -0.3 is 0 Å². The van der Waals surface area contributed by atoms with Crippen molar-refractivity contribution in [1.82, 2.24) is 0 Å². The lowest BCUT2D eigenvalue weighted by molar-refractivity contribution is 0.754. The predicted molar refractivity (Wildman–Crippen MR) is 93.9 cm³/mol. The first-order valence-electron chi connectivity index (χ1n) is 5.63. The summed E-state index contributed by atoms with van der Waals surface area (Å²) in [5, 5.41) is 0. The molecule has 4 heteroatoms. The van der Waals surface area contributed by atoms with Gasteiger partial charge in [0.25, 0.3) is 0 Å². The Balaban J connectivity index is 4.85. The Morgan fingerprint density at radius 1 is 0.875 bits per heavy atom. The highest BCUT2D eigenvalue weighted by atomic mass is 127. The highest BCUT2D eigenvalue weighted by Gasteiger charge is 2.11. The number of allylic oxidation sites excluding steroid dienone is 2. The van der Waals surface area contributed by atoms with Gasteiger partial charge in [0.15, 0.2) is 0 Å². The molecule has 0 aliphatic carbocycles. The quantitative estimate of drug-likeness (QED) is 0.238. The smallest absolute Gasteiger partial charge is 0.0639 e. The summed E-state index contributed by atoms with van der Waals surface area (Å²) in [4.78, 5) is 0. The lowest BCUT2D eigenvalue weighted by atomic mass is 9.99. The van der Waals surface area contributed by atoms with Crippen LogP contribution in [0, 0.1) is 0 Å². The van der Waals surface area contributed by atoms with Crippen LogP contribution < -0.4 is 0 Å². The van der Waals surface area contributed by atoms with Gasteiger partial charge in [-0.2, -0.15) is 0 Å². The molecule has 16 heavy (non-hydrogen) atoms. The average molecular weight is 529 g/mol. The summed E-state index contributed by atoms with van der Waals surface area (Å²) in [5.74, 6) is 0. The van der Waals surface area contributed by atoms with Crippen LogP contribution in [0.5, 0.6) is 0 Å². The molecule has 0 aliphatic heterocycles. The Morgan fingerprint density at radius 3 is 1.62 bits per heavy atom. The Hall–Kier alpha value is 1.65. The highest BCUT2D eigenvalue weighted by molar-refractivity contribution is 14.1. The summed E-state index contributed by atoms with van der Waals surface area (Å²) < 4.78 is 2.34. The fourth-order valence-electron chi connectivity index (χ4n) is 1.43. The molecule has 0 spiro atoms. The lowest BCUT2D eigenvalue weighted by Gasteiger charge is -2.13. The maximum absolute atomic E-state index is 3.62. The van der Waals surface area contributed by atoms with Gasteiger partial charge in [-0.15, -0.1) is 0 Å². The second kappa shape index (κ2) is 10.6. The normalized spacial score (nSPS) is 12.4. The molecule has 0 bridgehead atoms. The third kappa shape index (κ3) is 7.17. The van der Waals surface area contributed by atoms with Gasteiger partial charge >= 0.3 is 0 Å². The van der Waals surface area contributed by atoms with Crippen LogP contribution in [0.25, 0.3) is 0 Å². The first-order valence-corrected chi connectivity index (χ1v) is 9.08. The monoisotopic (exact) mass is 526 g/mol. The lowest BCUT2D eigenvalue weighted by Crippen LogP contribution is -1.93. The van der Waals surface area contributed by atoms with Crippen LogP contribution in [-0.4, -0.2) is 0 Å². The van der Waals surface area contributed by atoms with Crippen LogP contribution in [0.3, 0.4) is 0 Å². The minimum atomic E-state index is 1.10. The molecular weight excluding hydrogens is 511 g/mol. The van der Waals surface area contributed by atoms with Crippen LogP contribution in [0.2, 0.25) is 0 Å². The zero-order chi connectivity index (χ0) is 12.6. The van der Waals surface area contributed by atoms with Crippen molar-refractivity contribution in [2.75, 3.05) is 0 Å². The van der Waals surface area contributed by atoms with Crippen molar-refractivity contribution in [1.29, 1.82) is 0 Å². The number of unbranched alkanes of at least 4 members (excludes halogenated alkanes) is 2. The third-order valence-electron chi connectivity index (χ3n) is 2.38. The first kappa shape index (κ1) is 17.6. The molecule has 0 atom stereocenters. The van der Waals surface area contributed by atoms with Gasteiger partial charge in [-0.05, 0) is 107 Å². The predicted octanol–water partition coefficient (Wildman–Crippen LogP) is 7.41. The Labute approximate surface area is 138 Å². The molecule has 0 rings (SSSR count). The van der Waals surface area contributed by atoms with Crippen LogP contribution in [-0.2, 0) is 0 Å². The minimum Gasteiger partial charge on any atom is -0.0654 e. The molecule has 0 aromatic heterocycles. The Kier molecular flexibility index (Phi) is 11.7. The van der Waals surface area contributed by atoms with E-state index < -0.39 is 0 Å². The molecule has 0 radical (unpaired) electrons. The fourth-order valence-corrected chi connectivity index (χ4v) is 3.33. The zero-order valence-electron chi connectivity index (χ0n) is 9.75. The van der Waals surface area contributed by atoms with E-state index in [0.29, 0.717) is 0 Å². The fraction of sp³-hybridized carbons (Fsp3) is 0.667.